The summed E-state index contributed by atoms with van der Waals surface area (Å²) in [6.07, 6.45) is 0.983. The molecule has 0 radical (unpaired) electrons. The van der Waals surface area contributed by atoms with E-state index in [-0.39, 0.29) is 37.6 Å². The molecule has 0 atom stereocenters. The lowest BCUT2D eigenvalue weighted by molar-refractivity contribution is -0.138. The third-order valence-corrected chi connectivity index (χ3v) is 6.06. The van der Waals surface area contributed by atoms with E-state index in [1.807, 2.05) is 29.2 Å². The maximum absolute atomic E-state index is 12.4. The number of amides is 2. The fourth-order valence-corrected chi connectivity index (χ4v) is 4.48. The van der Waals surface area contributed by atoms with Crippen LogP contribution < -0.4 is 10.6 Å². The van der Waals surface area contributed by atoms with Gasteiger partial charge in [0.1, 0.15) is 13.2 Å². The van der Waals surface area contributed by atoms with Crippen LogP contribution in [0.15, 0.2) is 48.5 Å². The Bertz CT molecular complexity index is 955. The summed E-state index contributed by atoms with van der Waals surface area (Å²) in [5, 5.41) is 13.9. The van der Waals surface area contributed by atoms with Crippen LogP contribution in [0.2, 0.25) is 0 Å². The first-order chi connectivity index (χ1) is 15.5. The Labute approximate surface area is 186 Å². The molecule has 0 bridgehead atoms. The van der Waals surface area contributed by atoms with Crippen LogP contribution in [-0.2, 0) is 14.3 Å². The zero-order valence-corrected chi connectivity index (χ0v) is 17.8. The maximum atomic E-state index is 12.4. The van der Waals surface area contributed by atoms with Crippen molar-refractivity contribution in [2.75, 3.05) is 32.8 Å². The van der Waals surface area contributed by atoms with Crippen molar-refractivity contribution in [3.05, 3.63) is 59.7 Å². The molecular weight excluding hydrogens is 410 g/mol. The monoisotopic (exact) mass is 437 g/mol. The molecule has 1 heterocycles. The first kappa shape index (κ1) is 21.8. The summed E-state index contributed by atoms with van der Waals surface area (Å²) in [6, 6.07) is 16.4. The van der Waals surface area contributed by atoms with Gasteiger partial charge in [0.25, 0.3) is 0 Å². The first-order valence-corrected chi connectivity index (χ1v) is 10.8. The Hall–Kier alpha value is -3.39. The van der Waals surface area contributed by atoms with Gasteiger partial charge in [-0.3, -0.25) is 14.5 Å². The van der Waals surface area contributed by atoms with Crippen LogP contribution in [0.5, 0.6) is 0 Å². The lowest BCUT2D eigenvalue weighted by Gasteiger charge is -2.31. The Morgan fingerprint density at radius 3 is 2.16 bits per heavy atom. The van der Waals surface area contributed by atoms with Gasteiger partial charge >= 0.3 is 12.1 Å². The Kier molecular flexibility index (Phi) is 6.70. The van der Waals surface area contributed by atoms with Crippen molar-refractivity contribution in [2.24, 2.45) is 0 Å². The van der Waals surface area contributed by atoms with E-state index in [1.165, 1.54) is 22.3 Å². The van der Waals surface area contributed by atoms with Crippen LogP contribution in [-0.4, -0.2) is 66.8 Å². The quantitative estimate of drug-likeness (QED) is 0.613. The number of carbonyl (C=O) groups excluding carboxylic acids is 2. The number of ether oxygens (including phenoxy) is 1. The molecule has 2 aromatic carbocycles. The lowest BCUT2D eigenvalue weighted by atomic mass is 9.98. The number of hydrogen-bond acceptors (Lipinski definition) is 5. The Morgan fingerprint density at radius 2 is 1.56 bits per heavy atom. The van der Waals surface area contributed by atoms with Crippen molar-refractivity contribution in [1.29, 1.82) is 0 Å². The summed E-state index contributed by atoms with van der Waals surface area (Å²) < 4.78 is 5.60. The van der Waals surface area contributed by atoms with E-state index in [9.17, 15) is 14.4 Å². The zero-order chi connectivity index (χ0) is 22.5. The highest BCUT2D eigenvalue weighted by Crippen LogP contribution is 2.44. The number of fused-ring (bicyclic) bond motifs is 3. The standard InChI is InChI=1S/C24H27N3O5/c28-22(25-13-23(29)30)14-27-11-9-16(10-12-27)26-24(31)32-15-21-19-7-3-1-5-17(19)18-6-2-4-8-20(18)21/h1-8,16,21H,9-15H2,(H,25,28)(H,26,31)(H,29,30). The van der Waals surface area contributed by atoms with Gasteiger partial charge in [0, 0.05) is 25.0 Å². The van der Waals surface area contributed by atoms with E-state index >= 15 is 0 Å². The number of carboxylic acid groups (broad SMARTS) is 1. The molecule has 0 aromatic heterocycles. The van der Waals surface area contributed by atoms with Crippen molar-refractivity contribution in [1.82, 2.24) is 15.5 Å². The van der Waals surface area contributed by atoms with E-state index in [0.29, 0.717) is 25.9 Å². The summed E-state index contributed by atoms with van der Waals surface area (Å²) in [4.78, 5) is 36.7. The second-order valence-electron chi connectivity index (χ2n) is 8.19. The van der Waals surface area contributed by atoms with Gasteiger partial charge in [-0.05, 0) is 35.1 Å². The highest BCUT2D eigenvalue weighted by Gasteiger charge is 2.29. The normalized spacial score (nSPS) is 16.1. The first-order valence-electron chi connectivity index (χ1n) is 10.8. The second kappa shape index (κ2) is 9.82. The topological polar surface area (TPSA) is 108 Å². The van der Waals surface area contributed by atoms with Gasteiger partial charge in [0.15, 0.2) is 0 Å². The molecule has 8 nitrogen and oxygen atoms in total. The Balaban J connectivity index is 1.24. The van der Waals surface area contributed by atoms with Crippen molar-refractivity contribution in [3.63, 3.8) is 0 Å². The van der Waals surface area contributed by atoms with Crippen molar-refractivity contribution in [3.8, 4) is 11.1 Å². The number of hydrogen-bond donors (Lipinski definition) is 3. The number of aliphatic carboxylic acids is 1. The summed E-state index contributed by atoms with van der Waals surface area (Å²) in [5.41, 5.74) is 4.74. The highest BCUT2D eigenvalue weighted by atomic mass is 16.5. The third-order valence-electron chi connectivity index (χ3n) is 6.06. The largest absolute Gasteiger partial charge is 0.480 e. The molecule has 8 heteroatoms. The van der Waals surface area contributed by atoms with Crippen LogP contribution in [0.25, 0.3) is 11.1 Å². The van der Waals surface area contributed by atoms with Crippen molar-refractivity contribution >= 4 is 18.0 Å². The number of benzene rings is 2. The molecule has 3 N–H and O–H groups in total. The average molecular weight is 437 g/mol. The number of carbonyl (C=O) groups is 3. The molecule has 1 aliphatic carbocycles. The zero-order valence-electron chi connectivity index (χ0n) is 17.8. The summed E-state index contributed by atoms with van der Waals surface area (Å²) in [7, 11) is 0. The minimum absolute atomic E-state index is 0.0102. The van der Waals surface area contributed by atoms with E-state index in [0.717, 1.165) is 0 Å². The number of piperidine rings is 1. The van der Waals surface area contributed by atoms with E-state index < -0.39 is 12.1 Å². The van der Waals surface area contributed by atoms with Gasteiger partial charge in [-0.2, -0.15) is 0 Å². The van der Waals surface area contributed by atoms with Crippen molar-refractivity contribution < 1.29 is 24.2 Å². The molecule has 1 fully saturated rings. The molecule has 0 spiro atoms. The molecule has 168 valence electrons. The number of rotatable bonds is 7. The van der Waals surface area contributed by atoms with Gasteiger partial charge in [0.2, 0.25) is 5.91 Å². The van der Waals surface area contributed by atoms with Gasteiger partial charge in [0.05, 0.1) is 6.54 Å². The molecule has 4 rings (SSSR count). The predicted octanol–water partition coefficient (Wildman–Crippen LogP) is 2.19. The fourth-order valence-electron chi connectivity index (χ4n) is 4.48. The number of likely N-dealkylation sites (tertiary alicyclic amines) is 1. The Morgan fingerprint density at radius 1 is 0.969 bits per heavy atom. The summed E-state index contributed by atoms with van der Waals surface area (Å²) in [5.74, 6) is -1.35. The van der Waals surface area contributed by atoms with Gasteiger partial charge in [-0.15, -0.1) is 0 Å². The van der Waals surface area contributed by atoms with E-state index in [2.05, 4.69) is 34.9 Å². The number of alkyl carbamates (subject to hydrolysis) is 1. The molecule has 1 saturated heterocycles. The maximum Gasteiger partial charge on any atom is 0.407 e. The smallest absolute Gasteiger partial charge is 0.407 e. The molecule has 0 saturated carbocycles. The van der Waals surface area contributed by atoms with Crippen LogP contribution in [0.3, 0.4) is 0 Å². The molecular formula is C24H27N3O5. The second-order valence-corrected chi connectivity index (χ2v) is 8.19. The molecule has 32 heavy (non-hydrogen) atoms. The average Bonchev–Trinajstić information content (AvgIpc) is 3.11. The SMILES string of the molecule is O=C(O)CNC(=O)CN1CCC(NC(=O)OCC2c3ccccc3-c3ccccc32)CC1. The molecule has 2 amide bonds. The number of nitrogens with one attached hydrogen (secondary N) is 2. The summed E-state index contributed by atoms with van der Waals surface area (Å²) in [6.45, 7) is 1.36. The van der Waals surface area contributed by atoms with Crippen LogP contribution in [0.1, 0.15) is 29.9 Å². The van der Waals surface area contributed by atoms with E-state index in [1.54, 1.807) is 0 Å². The van der Waals surface area contributed by atoms with Gasteiger partial charge in [-0.1, -0.05) is 48.5 Å². The minimum Gasteiger partial charge on any atom is -0.480 e. The van der Waals surface area contributed by atoms with Gasteiger partial charge in [-0.25, -0.2) is 4.79 Å². The number of carboxylic acids is 1. The molecule has 1 aliphatic heterocycles. The summed E-state index contributed by atoms with van der Waals surface area (Å²) >= 11 is 0. The fraction of sp³-hybridized carbons (Fsp3) is 0.375. The molecule has 2 aliphatic rings. The molecule has 0 unspecified atom stereocenters. The predicted molar refractivity (Wildman–Crippen MR) is 118 cm³/mol. The lowest BCUT2D eigenvalue weighted by Crippen LogP contribution is -2.48. The van der Waals surface area contributed by atoms with Crippen molar-refractivity contribution in [2.45, 2.75) is 24.8 Å². The minimum atomic E-state index is -1.07. The molecule has 2 aromatic rings. The van der Waals surface area contributed by atoms with Crippen LogP contribution in [0, 0.1) is 0 Å². The van der Waals surface area contributed by atoms with E-state index in [4.69, 9.17) is 9.84 Å². The third kappa shape index (κ3) is 5.08. The highest BCUT2D eigenvalue weighted by molar-refractivity contribution is 5.82. The van der Waals surface area contributed by atoms with Crippen LogP contribution >= 0.6 is 0 Å². The number of nitrogens with zero attached hydrogens (tertiary/aromatic N) is 1. The van der Waals surface area contributed by atoms with Gasteiger partial charge < -0.3 is 20.5 Å². The van der Waals surface area contributed by atoms with Crippen LogP contribution in [0.4, 0.5) is 4.79 Å².